The van der Waals surface area contributed by atoms with Crippen LogP contribution in [0, 0.1) is 0 Å². The fourth-order valence-corrected chi connectivity index (χ4v) is 17.3. The van der Waals surface area contributed by atoms with Crippen LogP contribution in [0.5, 0.6) is 46.0 Å². The van der Waals surface area contributed by atoms with Crippen LogP contribution in [0.1, 0.15) is 193 Å². The summed E-state index contributed by atoms with van der Waals surface area (Å²) in [4.78, 5) is 99.4. The number of anilines is 3. The monoisotopic (exact) mass is 2060 g/mol. The minimum absolute atomic E-state index is 0.206. The van der Waals surface area contributed by atoms with Gasteiger partial charge in [-0.3, -0.25) is 16.3 Å². The van der Waals surface area contributed by atoms with Gasteiger partial charge in [-0.1, -0.05) is 191 Å². The molecule has 15 rings (SSSR count). The number of aromatic nitrogens is 3. The number of hydrogen-bond donors (Lipinski definition) is 3. The van der Waals surface area contributed by atoms with E-state index in [9.17, 15) is 33.6 Å². The molecule has 0 atom stereocenters. The Bertz CT molecular complexity index is 6930. The lowest BCUT2D eigenvalue weighted by Gasteiger charge is -2.11. The Morgan fingerprint density at radius 1 is 0.295 bits per heavy atom. The van der Waals surface area contributed by atoms with E-state index in [2.05, 4.69) is 136 Å². The molecule has 12 aromatic carbocycles. The van der Waals surface area contributed by atoms with Gasteiger partial charge in [0.2, 0.25) is 15.4 Å². The number of benzene rings is 12. The summed E-state index contributed by atoms with van der Waals surface area (Å²) in [5.41, 5.74) is 21.6. The van der Waals surface area contributed by atoms with Crippen LogP contribution in [-0.4, -0.2) is 122 Å². The van der Waals surface area contributed by atoms with Crippen LogP contribution < -0.4 is 54.2 Å². The van der Waals surface area contributed by atoms with Crippen LogP contribution >= 0.6 is 34.0 Å². The molecule has 15 aromatic rings. The van der Waals surface area contributed by atoms with E-state index in [1.54, 1.807) is 140 Å². The summed E-state index contributed by atoms with van der Waals surface area (Å²) in [6, 6.07) is 83.8. The van der Waals surface area contributed by atoms with Gasteiger partial charge in [-0.25, -0.2) is 48.5 Å². The van der Waals surface area contributed by atoms with Crippen molar-refractivity contribution in [1.82, 2.24) is 15.0 Å². The first kappa shape index (κ1) is 110. The number of nitrogens with one attached hydrogen (secondary N) is 3. The van der Waals surface area contributed by atoms with Crippen LogP contribution in [0.2, 0.25) is 0 Å². The average molecular weight is 2060 g/mol. The van der Waals surface area contributed by atoms with Crippen molar-refractivity contribution in [3.63, 3.8) is 0 Å². The number of rotatable bonds is 54. The number of thiazole rings is 3. The predicted molar refractivity (Wildman–Crippen MR) is 592 cm³/mol. The summed E-state index contributed by atoms with van der Waals surface area (Å²) in [5, 5.41) is 15.2. The zero-order chi connectivity index (χ0) is 104. The van der Waals surface area contributed by atoms with Gasteiger partial charge in [0.05, 0.1) is 118 Å². The molecule has 0 spiro atoms. The van der Waals surface area contributed by atoms with E-state index in [1.807, 2.05) is 97.1 Å². The number of aryl methyl sites for hydroxylation is 2. The average Bonchev–Trinajstić information content (AvgIpc) is 1.77. The lowest BCUT2D eigenvalue weighted by molar-refractivity contribution is -0.138. The van der Waals surface area contributed by atoms with Gasteiger partial charge in [0.1, 0.15) is 46.0 Å². The summed E-state index contributed by atoms with van der Waals surface area (Å²) in [7, 11) is 0. The molecule has 0 bridgehead atoms. The van der Waals surface area contributed by atoms with E-state index >= 15 is 0 Å². The predicted octanol–water partition coefficient (Wildman–Crippen LogP) is 27.5. The highest BCUT2D eigenvalue weighted by atomic mass is 32.1. The van der Waals surface area contributed by atoms with Crippen molar-refractivity contribution in [3.8, 4) is 68.2 Å². The van der Waals surface area contributed by atoms with Crippen LogP contribution in [0.25, 0.3) is 52.9 Å². The van der Waals surface area contributed by atoms with E-state index in [4.69, 9.17) is 52.1 Å². The molecule has 0 radical (unpaired) electrons. The molecule has 30 heteroatoms. The van der Waals surface area contributed by atoms with Crippen LogP contribution in [0.3, 0.4) is 0 Å². The van der Waals surface area contributed by atoms with Crippen molar-refractivity contribution >= 4 is 140 Å². The standard InChI is InChI=1S/C41H41N3O8S.2C39H39N3O5S/c1-3-5-24-48-32-18-14-29(15-19-32)39(46)51-34-22-23-36(31(27-34)28-42-44-41-43-35-12-8-9-13-37(35)53-41)52-40(47)30-16-20-33(21-17-30)49-25-10-6-7-11-26-50-38(45)4-2;1-3-11-28-14-16-29(17-15-28)31-20-23-35(32(26-31)27-40-42-39-41-34-12-7-8-13-36(34)48-39)47-38(44)30-18-21-33(22-19-30)45-24-9-5-6-10-25-46-37(43)4-2;1-3-11-28-14-16-29(17-15-28)34-23-22-33(26-31(34)27-40-42-39-41-35-12-7-8-13-36(35)48-39)47-38(44)30-18-20-32(21-19-30)45-24-9-5-6-10-25-46-37(43)4-2/h4,8-9,12-23,27-28H,2-3,5-7,10-11,24-26H2,1H3,(H,43,44);2*4,7-8,12-23,26-27H,2-3,5-6,9-11,24-25H2,1H3,(H,41,42)/b42-28+;2*40-27+. The molecule has 3 heterocycles. The number of carbonyl (C=O) groups excluding carboxylic acids is 7. The van der Waals surface area contributed by atoms with Gasteiger partial charge in [0, 0.05) is 34.9 Å². The largest absolute Gasteiger partial charge is 0.494 e. The highest BCUT2D eigenvalue weighted by molar-refractivity contribution is 7.22. The lowest BCUT2D eigenvalue weighted by atomic mass is 9.98. The first-order valence-electron chi connectivity index (χ1n) is 49.7. The topological polar surface area (TPSA) is 333 Å². The van der Waals surface area contributed by atoms with E-state index in [-0.39, 0.29) is 11.5 Å². The van der Waals surface area contributed by atoms with Gasteiger partial charge in [0.25, 0.3) is 0 Å². The van der Waals surface area contributed by atoms with Gasteiger partial charge < -0.3 is 52.1 Å². The molecular weight excluding hydrogens is 1940 g/mol. The third kappa shape index (κ3) is 36.0. The van der Waals surface area contributed by atoms with Crippen molar-refractivity contribution < 1.29 is 85.7 Å². The Kier molecular flexibility index (Phi) is 44.0. The Morgan fingerprint density at radius 2 is 0.597 bits per heavy atom. The van der Waals surface area contributed by atoms with Gasteiger partial charge in [-0.15, -0.1) is 0 Å². The van der Waals surface area contributed by atoms with Gasteiger partial charge in [-0.05, 0) is 306 Å². The number of unbranched alkanes of at least 4 members (excludes halogenated alkanes) is 10. The fraction of sp³-hybridized carbons (Fsp3) is 0.235. The second kappa shape index (κ2) is 59.8. The quantitative estimate of drug-likeness (QED) is 0.00606. The molecule has 0 saturated carbocycles. The smallest absolute Gasteiger partial charge is 0.343 e. The second-order valence-electron chi connectivity index (χ2n) is 33.9. The van der Waals surface area contributed by atoms with Crippen molar-refractivity contribution in [2.24, 2.45) is 15.3 Å². The van der Waals surface area contributed by atoms with Crippen molar-refractivity contribution in [2.45, 2.75) is 136 Å². The summed E-state index contributed by atoms with van der Waals surface area (Å²) >= 11 is 4.49. The molecule has 0 amide bonds. The molecule has 0 aliphatic heterocycles. The number of carbonyl (C=O) groups is 7. The summed E-state index contributed by atoms with van der Waals surface area (Å²) in [6.07, 6.45) is 25.2. The molecule has 27 nitrogen and oxygen atoms in total. The maximum Gasteiger partial charge on any atom is 0.343 e. The third-order valence-corrected chi connectivity index (χ3v) is 25.5. The molecule has 0 unspecified atom stereocenters. The van der Waals surface area contributed by atoms with Crippen molar-refractivity contribution in [3.05, 3.63) is 361 Å². The maximum absolute atomic E-state index is 13.2. The number of fused-ring (bicyclic) bond motifs is 3. The highest BCUT2D eigenvalue weighted by Gasteiger charge is 2.21. The number of hydrogen-bond acceptors (Lipinski definition) is 30. The fourth-order valence-electron chi connectivity index (χ4n) is 14.9. The van der Waals surface area contributed by atoms with Gasteiger partial charge in [0.15, 0.2) is 0 Å². The normalized spacial score (nSPS) is 11.0. The summed E-state index contributed by atoms with van der Waals surface area (Å²) < 4.78 is 64.4. The maximum atomic E-state index is 13.2. The molecule has 0 aliphatic carbocycles. The molecule has 149 heavy (non-hydrogen) atoms. The Balaban J connectivity index is 0.000000187. The summed E-state index contributed by atoms with van der Waals surface area (Å²) in [6.45, 7) is 20.0. The molecular formula is C119H119N9O18S3. The Labute approximate surface area is 878 Å². The van der Waals surface area contributed by atoms with Gasteiger partial charge >= 0.3 is 41.8 Å². The number of hydrazone groups is 3. The van der Waals surface area contributed by atoms with Crippen LogP contribution in [-0.2, 0) is 41.4 Å². The zero-order valence-electron chi connectivity index (χ0n) is 83.5. The number of para-hydroxylation sites is 3. The minimum atomic E-state index is -0.589. The van der Waals surface area contributed by atoms with Crippen molar-refractivity contribution in [1.29, 1.82) is 0 Å². The molecule has 0 saturated heterocycles. The van der Waals surface area contributed by atoms with Gasteiger partial charge in [-0.2, -0.15) is 15.3 Å². The third-order valence-electron chi connectivity index (χ3n) is 22.7. The van der Waals surface area contributed by atoms with E-state index < -0.39 is 41.8 Å². The number of ether oxygens (including phenoxy) is 11. The molecule has 3 N–H and O–H groups in total. The Morgan fingerprint density at radius 3 is 0.953 bits per heavy atom. The van der Waals surface area contributed by atoms with Crippen molar-refractivity contribution in [2.75, 3.05) is 62.5 Å². The van der Waals surface area contributed by atoms with Crippen LogP contribution in [0.15, 0.2) is 326 Å². The number of nitrogens with zero attached hydrogens (tertiary/aromatic N) is 6. The molecule has 0 aliphatic rings. The lowest BCUT2D eigenvalue weighted by Crippen LogP contribution is -2.11. The van der Waals surface area contributed by atoms with E-state index in [0.29, 0.717) is 130 Å². The van der Waals surface area contributed by atoms with Crippen LogP contribution in [0.4, 0.5) is 15.4 Å². The van der Waals surface area contributed by atoms with E-state index in [1.165, 1.54) is 63.5 Å². The SMILES string of the molecule is C=CC(=O)OCCCCCCOc1ccc(C(=O)Oc2ccc(-c3ccc(CCC)cc3)c(/C=N/Nc3nc4ccccc4s3)c2)cc1.C=CC(=O)OCCCCCCOc1ccc(C(=O)Oc2ccc(-c3ccc(CCC)cc3)cc2/C=N/Nc2nc3ccccc3s2)cc1.C=CC(=O)OCCCCCCOc1ccc(C(=O)Oc2ccc(OC(=O)c3ccc(OCCCC)cc3)cc2/C=N/Nc2nc3ccccc3s2)cc1. The second-order valence-corrected chi connectivity index (χ2v) is 37.0. The first-order valence-corrected chi connectivity index (χ1v) is 52.1. The minimum Gasteiger partial charge on any atom is -0.494 e. The molecule has 3 aromatic heterocycles. The summed E-state index contributed by atoms with van der Waals surface area (Å²) in [5.74, 6) is 0.607. The molecule has 766 valence electrons. The number of esters is 7. The van der Waals surface area contributed by atoms with E-state index in [0.717, 1.165) is 180 Å². The highest BCUT2D eigenvalue weighted by Crippen LogP contribution is 2.35. The Hall–Kier alpha value is -16.6. The molecule has 0 fully saturated rings. The zero-order valence-corrected chi connectivity index (χ0v) is 85.9. The first-order chi connectivity index (χ1) is 72.9.